The molecule has 3 nitrogen and oxygen atoms in total. The summed E-state index contributed by atoms with van der Waals surface area (Å²) in [6.07, 6.45) is 9.35. The van der Waals surface area contributed by atoms with Crippen LogP contribution < -0.4 is 0 Å². The lowest BCUT2D eigenvalue weighted by atomic mass is 9.44. The van der Waals surface area contributed by atoms with Gasteiger partial charge in [-0.05, 0) is 99.0 Å². The lowest BCUT2D eigenvalue weighted by Crippen LogP contribution is -2.59. The van der Waals surface area contributed by atoms with Crippen molar-refractivity contribution >= 4 is 0 Å². The monoisotopic (exact) mass is 363 g/mol. The fourth-order valence-corrected chi connectivity index (χ4v) is 8.31. The van der Waals surface area contributed by atoms with Gasteiger partial charge in [-0.1, -0.05) is 27.7 Å². The SMILES string of the molecule is CCN(CC)[C@H]1C[C@@]2(C)[C@@H](CC[C@@H]3[C@@H]2CC[C@]2(C)[C@@H](O)CC[C@@H]32)C[C@@H]1O. The first-order valence-electron chi connectivity index (χ1n) is 11.4. The molecule has 0 aromatic rings. The zero-order chi connectivity index (χ0) is 18.7. The number of rotatable bonds is 3. The van der Waals surface area contributed by atoms with Gasteiger partial charge in [0.05, 0.1) is 12.2 Å². The van der Waals surface area contributed by atoms with Crippen LogP contribution in [0.4, 0.5) is 0 Å². The molecular formula is C23H41NO2. The molecule has 4 rings (SSSR count). The highest BCUT2D eigenvalue weighted by molar-refractivity contribution is 5.11. The van der Waals surface area contributed by atoms with Crippen molar-refractivity contribution in [3.63, 3.8) is 0 Å². The Morgan fingerprint density at radius 2 is 1.58 bits per heavy atom. The molecule has 4 aliphatic rings. The van der Waals surface area contributed by atoms with Crippen LogP contribution in [0, 0.1) is 34.5 Å². The van der Waals surface area contributed by atoms with Gasteiger partial charge in [-0.2, -0.15) is 0 Å². The van der Waals surface area contributed by atoms with E-state index in [0.717, 1.165) is 43.7 Å². The van der Waals surface area contributed by atoms with Crippen LogP contribution in [-0.2, 0) is 0 Å². The normalized spacial score (nSPS) is 53.9. The molecule has 0 aromatic heterocycles. The number of hydrogen-bond acceptors (Lipinski definition) is 3. The fraction of sp³-hybridized carbons (Fsp3) is 1.00. The molecule has 0 bridgehead atoms. The quantitative estimate of drug-likeness (QED) is 0.794. The van der Waals surface area contributed by atoms with Crippen LogP contribution in [0.3, 0.4) is 0 Å². The molecule has 4 fully saturated rings. The van der Waals surface area contributed by atoms with E-state index in [9.17, 15) is 10.2 Å². The summed E-state index contributed by atoms with van der Waals surface area (Å²) < 4.78 is 0. The van der Waals surface area contributed by atoms with Crippen molar-refractivity contribution in [1.29, 1.82) is 0 Å². The van der Waals surface area contributed by atoms with E-state index in [1.165, 1.54) is 38.5 Å². The number of aliphatic hydroxyl groups is 2. The van der Waals surface area contributed by atoms with Gasteiger partial charge in [0.15, 0.2) is 0 Å². The van der Waals surface area contributed by atoms with Gasteiger partial charge in [0, 0.05) is 6.04 Å². The van der Waals surface area contributed by atoms with Crippen molar-refractivity contribution in [1.82, 2.24) is 4.90 Å². The van der Waals surface area contributed by atoms with Crippen LogP contribution in [0.1, 0.15) is 79.1 Å². The Balaban J connectivity index is 1.61. The summed E-state index contributed by atoms with van der Waals surface area (Å²) in [5, 5.41) is 21.5. The molecule has 0 aromatic carbocycles. The Labute approximate surface area is 160 Å². The second kappa shape index (κ2) is 6.74. The third kappa shape index (κ3) is 2.63. The zero-order valence-electron chi connectivity index (χ0n) is 17.5. The minimum absolute atomic E-state index is 0.0735. The van der Waals surface area contributed by atoms with E-state index < -0.39 is 0 Å². The van der Waals surface area contributed by atoms with Gasteiger partial charge in [-0.25, -0.2) is 0 Å². The highest BCUT2D eigenvalue weighted by Crippen LogP contribution is 2.66. The van der Waals surface area contributed by atoms with Gasteiger partial charge in [-0.15, -0.1) is 0 Å². The number of hydrogen-bond donors (Lipinski definition) is 2. The molecule has 150 valence electrons. The minimum atomic E-state index is -0.147. The molecule has 2 N–H and O–H groups in total. The van der Waals surface area contributed by atoms with Crippen LogP contribution in [0.2, 0.25) is 0 Å². The Kier molecular flexibility index (Phi) is 4.98. The molecule has 3 heteroatoms. The molecule has 0 amide bonds. The number of aliphatic hydroxyl groups excluding tert-OH is 2. The molecule has 0 aliphatic heterocycles. The van der Waals surface area contributed by atoms with Crippen LogP contribution in [0.25, 0.3) is 0 Å². The summed E-state index contributed by atoms with van der Waals surface area (Å²) in [4.78, 5) is 2.50. The molecule has 0 saturated heterocycles. The minimum Gasteiger partial charge on any atom is -0.393 e. The molecule has 0 spiro atoms. The number of nitrogens with zero attached hydrogens (tertiary/aromatic N) is 1. The van der Waals surface area contributed by atoms with Crippen molar-refractivity contribution in [3.05, 3.63) is 0 Å². The maximum absolute atomic E-state index is 10.9. The van der Waals surface area contributed by atoms with Crippen molar-refractivity contribution in [2.24, 2.45) is 34.5 Å². The summed E-state index contributed by atoms with van der Waals surface area (Å²) in [6.45, 7) is 11.5. The molecule has 0 heterocycles. The van der Waals surface area contributed by atoms with Crippen molar-refractivity contribution in [3.8, 4) is 0 Å². The van der Waals surface area contributed by atoms with E-state index in [0.29, 0.717) is 17.4 Å². The maximum Gasteiger partial charge on any atom is 0.0698 e. The lowest BCUT2D eigenvalue weighted by Gasteiger charge is -2.62. The first-order valence-corrected chi connectivity index (χ1v) is 11.4. The van der Waals surface area contributed by atoms with Crippen LogP contribution in [-0.4, -0.2) is 46.5 Å². The Morgan fingerprint density at radius 3 is 2.27 bits per heavy atom. The van der Waals surface area contributed by atoms with Crippen LogP contribution in [0.5, 0.6) is 0 Å². The number of fused-ring (bicyclic) bond motifs is 5. The van der Waals surface area contributed by atoms with E-state index in [2.05, 4.69) is 32.6 Å². The van der Waals surface area contributed by atoms with E-state index in [4.69, 9.17) is 0 Å². The Morgan fingerprint density at radius 1 is 0.885 bits per heavy atom. The average molecular weight is 364 g/mol. The zero-order valence-corrected chi connectivity index (χ0v) is 17.5. The lowest BCUT2D eigenvalue weighted by molar-refractivity contribution is -0.152. The van der Waals surface area contributed by atoms with Crippen molar-refractivity contribution in [2.45, 2.75) is 97.3 Å². The molecule has 0 unspecified atom stereocenters. The summed E-state index contributed by atoms with van der Waals surface area (Å²) in [5.74, 6) is 3.03. The van der Waals surface area contributed by atoms with Gasteiger partial charge in [0.25, 0.3) is 0 Å². The molecule has 0 radical (unpaired) electrons. The Hall–Kier alpha value is -0.120. The third-order valence-electron chi connectivity index (χ3n) is 9.92. The van der Waals surface area contributed by atoms with Gasteiger partial charge in [0.2, 0.25) is 0 Å². The van der Waals surface area contributed by atoms with Crippen LogP contribution in [0.15, 0.2) is 0 Å². The first-order chi connectivity index (χ1) is 12.3. The van der Waals surface area contributed by atoms with Gasteiger partial charge < -0.3 is 10.2 Å². The second-order valence-corrected chi connectivity index (χ2v) is 10.6. The van der Waals surface area contributed by atoms with Gasteiger partial charge >= 0.3 is 0 Å². The molecule has 26 heavy (non-hydrogen) atoms. The summed E-state index contributed by atoms with van der Waals surface area (Å²) >= 11 is 0. The first kappa shape index (κ1) is 19.2. The predicted molar refractivity (Wildman–Crippen MR) is 106 cm³/mol. The summed E-state index contributed by atoms with van der Waals surface area (Å²) in [5.41, 5.74) is 0.557. The van der Waals surface area contributed by atoms with E-state index in [1.54, 1.807) is 0 Å². The largest absolute Gasteiger partial charge is 0.393 e. The maximum atomic E-state index is 10.9. The van der Waals surface area contributed by atoms with Crippen molar-refractivity contribution in [2.75, 3.05) is 13.1 Å². The predicted octanol–water partition coefficient (Wildman–Crippen LogP) is 4.07. The fourth-order valence-electron chi connectivity index (χ4n) is 8.31. The molecule has 4 aliphatic carbocycles. The topological polar surface area (TPSA) is 43.7 Å². The van der Waals surface area contributed by atoms with Gasteiger partial charge in [-0.3, -0.25) is 4.90 Å². The van der Waals surface area contributed by atoms with Crippen molar-refractivity contribution < 1.29 is 10.2 Å². The van der Waals surface area contributed by atoms with Gasteiger partial charge in [0.1, 0.15) is 0 Å². The molecule has 4 saturated carbocycles. The standard InChI is InChI=1S/C23H41NO2/c1-5-24(6-2)19-14-23(4)15(13-20(19)25)7-8-16-17-9-10-21(26)22(17,3)12-11-18(16)23/h15-21,25-26H,5-14H2,1-4H3/t15-,16-,17-,18-,19-,20-,21-,22-,23-/m0/s1. The summed E-state index contributed by atoms with van der Waals surface area (Å²) in [6, 6.07) is 0.340. The second-order valence-electron chi connectivity index (χ2n) is 10.6. The third-order valence-corrected chi connectivity index (χ3v) is 9.92. The number of likely N-dealkylation sites (N-methyl/N-ethyl adjacent to an activating group) is 1. The van der Waals surface area contributed by atoms with E-state index in [-0.39, 0.29) is 17.6 Å². The smallest absolute Gasteiger partial charge is 0.0698 e. The molecular weight excluding hydrogens is 322 g/mol. The highest BCUT2D eigenvalue weighted by Gasteiger charge is 2.61. The van der Waals surface area contributed by atoms with Crippen LogP contribution >= 0.6 is 0 Å². The molecule has 9 atom stereocenters. The summed E-state index contributed by atoms with van der Waals surface area (Å²) in [7, 11) is 0. The Bertz CT molecular complexity index is 520. The average Bonchev–Trinajstić information content (AvgIpc) is 2.92. The highest BCUT2D eigenvalue weighted by atomic mass is 16.3. The van der Waals surface area contributed by atoms with E-state index >= 15 is 0 Å². The van der Waals surface area contributed by atoms with E-state index in [1.807, 2.05) is 0 Å².